The van der Waals surface area contributed by atoms with Gasteiger partial charge in [-0.25, -0.2) is 0 Å². The molecule has 0 bridgehead atoms. The summed E-state index contributed by atoms with van der Waals surface area (Å²) in [6, 6.07) is 0.190. The summed E-state index contributed by atoms with van der Waals surface area (Å²) in [5, 5.41) is 3.69. The van der Waals surface area contributed by atoms with Crippen molar-refractivity contribution < 1.29 is 0 Å². The Kier molecular flexibility index (Phi) is 4.77. The smallest absolute Gasteiger partial charge is 0.0397 e. The molecule has 1 unspecified atom stereocenters. The van der Waals surface area contributed by atoms with E-state index in [9.17, 15) is 0 Å². The predicted molar refractivity (Wildman–Crippen MR) is 42.7 cm³/mol. The summed E-state index contributed by atoms with van der Waals surface area (Å²) in [5.41, 5.74) is 8.17. The van der Waals surface area contributed by atoms with Gasteiger partial charge in [0.2, 0.25) is 0 Å². The Morgan fingerprint density at radius 2 is 2.10 bits per heavy atom. The van der Waals surface area contributed by atoms with Gasteiger partial charge in [0.25, 0.3) is 0 Å². The van der Waals surface area contributed by atoms with E-state index in [1.54, 1.807) is 0 Å². The highest BCUT2D eigenvalue weighted by atomic mass is 15.1. The first-order valence-corrected chi connectivity index (χ1v) is 3.76. The third-order valence-corrected chi connectivity index (χ3v) is 1.55. The average Bonchev–Trinajstić information content (AvgIpc) is 1.87. The monoisotopic (exact) mass is 141 g/mol. The zero-order valence-electron chi connectivity index (χ0n) is 6.91. The number of nitrogens with zero attached hydrogens (tertiary/aromatic N) is 3. The maximum absolute atomic E-state index is 8.17. The van der Waals surface area contributed by atoms with Gasteiger partial charge in [0, 0.05) is 11.0 Å². The lowest BCUT2D eigenvalue weighted by Crippen LogP contribution is -2.10. The van der Waals surface area contributed by atoms with Crippen LogP contribution in [0.25, 0.3) is 10.4 Å². The van der Waals surface area contributed by atoms with E-state index in [1.807, 2.05) is 0 Å². The van der Waals surface area contributed by atoms with Gasteiger partial charge in [-0.2, -0.15) is 0 Å². The summed E-state index contributed by atoms with van der Waals surface area (Å²) in [5.74, 6) is 0.468. The summed E-state index contributed by atoms with van der Waals surface area (Å²) in [6.45, 7) is 6.26. The van der Waals surface area contributed by atoms with Gasteiger partial charge in [-0.05, 0) is 17.9 Å². The van der Waals surface area contributed by atoms with Crippen LogP contribution in [0.1, 0.15) is 33.6 Å². The molecule has 0 saturated heterocycles. The van der Waals surface area contributed by atoms with Crippen LogP contribution >= 0.6 is 0 Å². The molecule has 0 aromatic rings. The molecule has 0 rings (SSSR count). The number of rotatable bonds is 4. The molecule has 0 heterocycles. The Bertz CT molecular complexity index is 125. The number of azide groups is 1. The highest BCUT2D eigenvalue weighted by Crippen LogP contribution is 2.12. The Morgan fingerprint density at radius 1 is 1.50 bits per heavy atom. The first-order chi connectivity index (χ1) is 4.72. The van der Waals surface area contributed by atoms with E-state index in [2.05, 4.69) is 30.8 Å². The van der Waals surface area contributed by atoms with E-state index in [4.69, 9.17) is 5.53 Å². The fourth-order valence-corrected chi connectivity index (χ4v) is 0.886. The van der Waals surface area contributed by atoms with Gasteiger partial charge < -0.3 is 0 Å². The molecule has 0 fully saturated rings. The molecular formula is C7H15N3. The molecule has 0 aliphatic rings. The third-order valence-electron chi connectivity index (χ3n) is 1.55. The Hall–Kier alpha value is -0.690. The Balaban J connectivity index is 3.84. The third kappa shape index (κ3) is 3.36. The van der Waals surface area contributed by atoms with Gasteiger partial charge in [0.15, 0.2) is 0 Å². The lowest BCUT2D eigenvalue weighted by molar-refractivity contribution is 0.458. The van der Waals surface area contributed by atoms with E-state index in [0.717, 1.165) is 12.8 Å². The molecule has 58 valence electrons. The molecule has 0 N–H and O–H groups in total. The van der Waals surface area contributed by atoms with E-state index < -0.39 is 0 Å². The summed E-state index contributed by atoms with van der Waals surface area (Å²) >= 11 is 0. The molecule has 0 aromatic carbocycles. The van der Waals surface area contributed by atoms with Crippen LogP contribution in [0.5, 0.6) is 0 Å². The van der Waals surface area contributed by atoms with Crippen LogP contribution in [0, 0.1) is 5.92 Å². The minimum atomic E-state index is 0.190. The fourth-order valence-electron chi connectivity index (χ4n) is 0.886. The summed E-state index contributed by atoms with van der Waals surface area (Å²) in [7, 11) is 0. The lowest BCUT2D eigenvalue weighted by Gasteiger charge is -2.12. The van der Waals surface area contributed by atoms with Gasteiger partial charge in [-0.15, -0.1) is 0 Å². The van der Waals surface area contributed by atoms with Gasteiger partial charge in [0.05, 0.1) is 0 Å². The maximum atomic E-state index is 8.17. The molecular weight excluding hydrogens is 126 g/mol. The molecule has 3 nitrogen and oxygen atoms in total. The van der Waals surface area contributed by atoms with Crippen molar-refractivity contribution in [1.82, 2.24) is 0 Å². The van der Waals surface area contributed by atoms with Crippen LogP contribution in [0.2, 0.25) is 0 Å². The van der Waals surface area contributed by atoms with Crippen LogP contribution in [0.4, 0.5) is 0 Å². The van der Waals surface area contributed by atoms with Gasteiger partial charge >= 0.3 is 0 Å². The normalized spacial score (nSPS) is 12.8. The first kappa shape index (κ1) is 9.31. The van der Waals surface area contributed by atoms with Crippen molar-refractivity contribution in [3.05, 3.63) is 10.4 Å². The second-order valence-electron chi connectivity index (χ2n) is 2.80. The van der Waals surface area contributed by atoms with Crippen LogP contribution in [-0.2, 0) is 0 Å². The second-order valence-corrected chi connectivity index (χ2v) is 2.80. The second kappa shape index (κ2) is 5.12. The molecule has 0 aliphatic heterocycles. The van der Waals surface area contributed by atoms with Crippen molar-refractivity contribution in [3.63, 3.8) is 0 Å². The molecule has 10 heavy (non-hydrogen) atoms. The van der Waals surface area contributed by atoms with Crippen molar-refractivity contribution in [2.75, 3.05) is 0 Å². The lowest BCUT2D eigenvalue weighted by atomic mass is 10.0. The molecule has 0 spiro atoms. The van der Waals surface area contributed by atoms with Gasteiger partial charge in [-0.1, -0.05) is 32.3 Å². The van der Waals surface area contributed by atoms with Crippen molar-refractivity contribution in [1.29, 1.82) is 0 Å². The number of hydrogen-bond acceptors (Lipinski definition) is 1. The SMILES string of the molecule is CCCC(N=[N+]=[N-])C(C)C. The highest BCUT2D eigenvalue weighted by molar-refractivity contribution is 4.69. The number of hydrogen-bond donors (Lipinski definition) is 0. The Labute approximate surface area is 62.1 Å². The zero-order chi connectivity index (χ0) is 7.98. The maximum Gasteiger partial charge on any atom is 0.0397 e. The minimum absolute atomic E-state index is 0.190. The predicted octanol–water partition coefficient (Wildman–Crippen LogP) is 3.12. The quantitative estimate of drug-likeness (QED) is 0.328. The zero-order valence-corrected chi connectivity index (χ0v) is 6.91. The van der Waals surface area contributed by atoms with Crippen molar-refractivity contribution in [2.45, 2.75) is 39.7 Å². The topological polar surface area (TPSA) is 48.8 Å². The largest absolute Gasteiger partial charge is 0.0904 e. The van der Waals surface area contributed by atoms with Gasteiger partial charge in [0.1, 0.15) is 0 Å². The van der Waals surface area contributed by atoms with Crippen LogP contribution in [0.15, 0.2) is 5.11 Å². The fraction of sp³-hybridized carbons (Fsp3) is 1.00. The van der Waals surface area contributed by atoms with Crippen LogP contribution in [0.3, 0.4) is 0 Å². The minimum Gasteiger partial charge on any atom is -0.0904 e. The molecule has 0 radical (unpaired) electrons. The van der Waals surface area contributed by atoms with E-state index in [1.165, 1.54) is 0 Å². The van der Waals surface area contributed by atoms with Gasteiger partial charge in [-0.3, -0.25) is 0 Å². The van der Waals surface area contributed by atoms with Crippen LogP contribution < -0.4 is 0 Å². The molecule has 0 saturated carbocycles. The summed E-state index contributed by atoms with van der Waals surface area (Å²) in [4.78, 5) is 2.80. The highest BCUT2D eigenvalue weighted by Gasteiger charge is 2.08. The Morgan fingerprint density at radius 3 is 2.40 bits per heavy atom. The van der Waals surface area contributed by atoms with E-state index >= 15 is 0 Å². The first-order valence-electron chi connectivity index (χ1n) is 3.76. The summed E-state index contributed by atoms with van der Waals surface area (Å²) < 4.78 is 0. The van der Waals surface area contributed by atoms with Crippen molar-refractivity contribution >= 4 is 0 Å². The molecule has 0 aliphatic carbocycles. The van der Waals surface area contributed by atoms with Crippen LogP contribution in [-0.4, -0.2) is 6.04 Å². The molecule has 0 amide bonds. The molecule has 1 atom stereocenters. The molecule has 0 aromatic heterocycles. The average molecular weight is 141 g/mol. The van der Waals surface area contributed by atoms with E-state index in [-0.39, 0.29) is 6.04 Å². The standard InChI is InChI=1S/C7H15N3/c1-4-5-7(6(2)3)9-10-8/h6-7H,4-5H2,1-3H3. The van der Waals surface area contributed by atoms with Crippen molar-refractivity contribution in [3.8, 4) is 0 Å². The van der Waals surface area contributed by atoms with E-state index in [0.29, 0.717) is 5.92 Å². The summed E-state index contributed by atoms with van der Waals surface area (Å²) in [6.07, 6.45) is 2.09. The molecule has 3 heteroatoms. The van der Waals surface area contributed by atoms with Crippen molar-refractivity contribution in [2.24, 2.45) is 11.0 Å².